The van der Waals surface area contributed by atoms with Crippen LogP contribution in [-0.2, 0) is 20.4 Å². The van der Waals surface area contributed by atoms with Crippen molar-refractivity contribution in [2.75, 3.05) is 13.2 Å². The first-order valence-corrected chi connectivity index (χ1v) is 7.98. The topological polar surface area (TPSA) is 47.6 Å². The summed E-state index contributed by atoms with van der Waals surface area (Å²) in [4.78, 5) is 12.1. The minimum Gasteiger partial charge on any atom is -0.376 e. The lowest BCUT2D eigenvalue weighted by Gasteiger charge is -2.20. The van der Waals surface area contributed by atoms with Crippen LogP contribution in [0.4, 0.5) is 13.2 Å². The van der Waals surface area contributed by atoms with Crippen molar-refractivity contribution in [1.29, 1.82) is 0 Å². The lowest BCUT2D eigenvalue weighted by Crippen LogP contribution is -2.37. The van der Waals surface area contributed by atoms with Crippen LogP contribution in [0.2, 0.25) is 0 Å². The number of hydrogen-bond acceptors (Lipinski definition) is 3. The van der Waals surface area contributed by atoms with Crippen LogP contribution < -0.4 is 5.32 Å². The average Bonchev–Trinajstić information content (AvgIpc) is 3.05. The van der Waals surface area contributed by atoms with Crippen molar-refractivity contribution in [2.45, 2.75) is 51.1 Å². The van der Waals surface area contributed by atoms with Gasteiger partial charge in [0.05, 0.1) is 24.3 Å². The molecule has 24 heavy (non-hydrogen) atoms. The number of hydrogen-bond donors (Lipinski definition) is 1. The summed E-state index contributed by atoms with van der Waals surface area (Å²) in [6.45, 7) is 4.30. The van der Waals surface area contributed by atoms with E-state index in [4.69, 9.17) is 9.47 Å². The number of amides is 1. The van der Waals surface area contributed by atoms with E-state index in [1.54, 1.807) is 19.9 Å². The van der Waals surface area contributed by atoms with Crippen molar-refractivity contribution in [1.82, 2.24) is 5.32 Å². The Morgan fingerprint density at radius 2 is 2.17 bits per heavy atom. The number of benzene rings is 1. The van der Waals surface area contributed by atoms with Gasteiger partial charge in [-0.2, -0.15) is 13.2 Å². The quantitative estimate of drug-likeness (QED) is 0.859. The second kappa shape index (κ2) is 7.98. The summed E-state index contributed by atoms with van der Waals surface area (Å²) in [5.41, 5.74) is -0.340. The van der Waals surface area contributed by atoms with Crippen LogP contribution in [0.3, 0.4) is 0 Å². The number of carbonyl (C=O) groups excluding carboxylic acids is 1. The minimum absolute atomic E-state index is 0.0149. The molecule has 0 aromatic heterocycles. The van der Waals surface area contributed by atoms with E-state index in [0.717, 1.165) is 25.0 Å². The first-order valence-electron chi connectivity index (χ1n) is 7.98. The zero-order valence-corrected chi connectivity index (χ0v) is 13.7. The molecule has 0 radical (unpaired) electrons. The van der Waals surface area contributed by atoms with Crippen LogP contribution in [0.5, 0.6) is 0 Å². The third kappa shape index (κ3) is 5.21. The summed E-state index contributed by atoms with van der Waals surface area (Å²) >= 11 is 0. The molecule has 134 valence electrons. The second-order valence-corrected chi connectivity index (χ2v) is 5.96. The van der Waals surface area contributed by atoms with Gasteiger partial charge in [0.2, 0.25) is 5.91 Å². The molecule has 1 aromatic rings. The van der Waals surface area contributed by atoms with Crippen LogP contribution in [0.1, 0.15) is 43.9 Å². The maximum absolute atomic E-state index is 12.8. The summed E-state index contributed by atoms with van der Waals surface area (Å²) < 4.78 is 49.2. The Morgan fingerprint density at radius 1 is 1.42 bits per heavy atom. The molecule has 0 unspecified atom stereocenters. The molecule has 4 nitrogen and oxygen atoms in total. The Labute approximate surface area is 139 Å². The molecule has 2 rings (SSSR count). The third-order valence-corrected chi connectivity index (χ3v) is 4.00. The summed E-state index contributed by atoms with van der Waals surface area (Å²) in [6.07, 6.45) is -3.18. The van der Waals surface area contributed by atoms with Crippen LogP contribution in [-0.4, -0.2) is 31.3 Å². The van der Waals surface area contributed by atoms with Crippen molar-refractivity contribution in [3.63, 3.8) is 0 Å². The molecule has 1 amide bonds. The van der Waals surface area contributed by atoms with E-state index in [1.807, 2.05) is 0 Å². The highest BCUT2D eigenvalue weighted by Crippen LogP contribution is 2.30. The maximum atomic E-state index is 12.8. The summed E-state index contributed by atoms with van der Waals surface area (Å²) in [5, 5.41) is 2.68. The summed E-state index contributed by atoms with van der Waals surface area (Å²) in [7, 11) is 0. The predicted molar refractivity (Wildman–Crippen MR) is 82.4 cm³/mol. The molecular formula is C17H22F3NO3. The van der Waals surface area contributed by atoms with Crippen molar-refractivity contribution in [3.8, 4) is 0 Å². The molecule has 1 fully saturated rings. The number of carbonyl (C=O) groups is 1. The number of halogens is 3. The molecule has 1 aliphatic rings. The van der Waals surface area contributed by atoms with Crippen LogP contribution in [0.25, 0.3) is 0 Å². The zero-order valence-electron chi connectivity index (χ0n) is 13.7. The SMILES string of the molecule is C[C@H](OC[C@H]1CCCO1)C(=O)N[C@@H](C)c1cccc(C(F)(F)F)c1. The van der Waals surface area contributed by atoms with Crippen LogP contribution in [0, 0.1) is 0 Å². The molecule has 0 aliphatic carbocycles. The van der Waals surface area contributed by atoms with Gasteiger partial charge in [0.1, 0.15) is 6.10 Å². The van der Waals surface area contributed by atoms with Crippen LogP contribution in [0.15, 0.2) is 24.3 Å². The molecule has 0 spiro atoms. The van der Waals surface area contributed by atoms with E-state index in [2.05, 4.69) is 5.32 Å². The largest absolute Gasteiger partial charge is 0.416 e. The Balaban J connectivity index is 1.88. The highest BCUT2D eigenvalue weighted by Gasteiger charge is 2.31. The highest BCUT2D eigenvalue weighted by molar-refractivity contribution is 5.80. The molecule has 1 saturated heterocycles. The summed E-state index contributed by atoms with van der Waals surface area (Å²) in [5.74, 6) is -0.363. The molecule has 0 saturated carbocycles. The van der Waals surface area contributed by atoms with E-state index < -0.39 is 23.9 Å². The van der Waals surface area contributed by atoms with E-state index in [9.17, 15) is 18.0 Å². The Hall–Kier alpha value is -1.60. The van der Waals surface area contributed by atoms with Gasteiger partial charge in [0.15, 0.2) is 0 Å². The number of alkyl halides is 3. The molecule has 1 aromatic carbocycles. The lowest BCUT2D eigenvalue weighted by atomic mass is 10.0. The Kier molecular flexibility index (Phi) is 6.23. The Bertz CT molecular complexity index is 556. The van der Waals surface area contributed by atoms with Gasteiger partial charge < -0.3 is 14.8 Å². The monoisotopic (exact) mass is 345 g/mol. The number of rotatable bonds is 6. The molecule has 0 bridgehead atoms. The van der Waals surface area contributed by atoms with E-state index in [0.29, 0.717) is 18.8 Å². The second-order valence-electron chi connectivity index (χ2n) is 5.96. The minimum atomic E-state index is -4.41. The van der Waals surface area contributed by atoms with Gasteiger partial charge in [-0.15, -0.1) is 0 Å². The first-order chi connectivity index (χ1) is 11.3. The zero-order chi connectivity index (χ0) is 17.7. The maximum Gasteiger partial charge on any atom is 0.416 e. The van der Waals surface area contributed by atoms with Crippen molar-refractivity contribution in [2.24, 2.45) is 0 Å². The fourth-order valence-corrected chi connectivity index (χ4v) is 2.50. The third-order valence-electron chi connectivity index (χ3n) is 4.00. The smallest absolute Gasteiger partial charge is 0.376 e. The predicted octanol–water partition coefficient (Wildman–Crippen LogP) is 3.47. The fraction of sp³-hybridized carbons (Fsp3) is 0.588. The van der Waals surface area contributed by atoms with Gasteiger partial charge in [-0.05, 0) is 44.4 Å². The average molecular weight is 345 g/mol. The molecule has 1 N–H and O–H groups in total. The van der Waals surface area contributed by atoms with Gasteiger partial charge in [-0.3, -0.25) is 4.79 Å². The van der Waals surface area contributed by atoms with Gasteiger partial charge >= 0.3 is 6.18 Å². The van der Waals surface area contributed by atoms with E-state index in [-0.39, 0.29) is 12.0 Å². The first kappa shape index (κ1) is 18.7. The van der Waals surface area contributed by atoms with E-state index >= 15 is 0 Å². The van der Waals surface area contributed by atoms with Crippen LogP contribution >= 0.6 is 0 Å². The molecule has 1 aliphatic heterocycles. The number of nitrogens with one attached hydrogen (secondary N) is 1. The van der Waals surface area contributed by atoms with Gasteiger partial charge in [0.25, 0.3) is 0 Å². The Morgan fingerprint density at radius 3 is 2.79 bits per heavy atom. The molecule has 3 atom stereocenters. The highest BCUT2D eigenvalue weighted by atomic mass is 19.4. The van der Waals surface area contributed by atoms with Crippen molar-refractivity contribution in [3.05, 3.63) is 35.4 Å². The molecular weight excluding hydrogens is 323 g/mol. The molecule has 7 heteroatoms. The van der Waals surface area contributed by atoms with Crippen molar-refractivity contribution < 1.29 is 27.4 Å². The summed E-state index contributed by atoms with van der Waals surface area (Å²) in [6, 6.07) is 4.39. The standard InChI is InChI=1S/C17H22F3NO3/c1-11(13-5-3-6-14(9-13)17(18,19)20)21-16(22)12(2)24-10-15-7-4-8-23-15/h3,5-6,9,11-12,15H,4,7-8,10H2,1-2H3,(H,21,22)/t11-,12-,15+/m0/s1. The van der Waals surface area contributed by atoms with Gasteiger partial charge in [0, 0.05) is 6.61 Å². The lowest BCUT2D eigenvalue weighted by molar-refractivity contribution is -0.137. The van der Waals surface area contributed by atoms with E-state index in [1.165, 1.54) is 6.07 Å². The number of ether oxygens (including phenoxy) is 2. The van der Waals surface area contributed by atoms with Crippen molar-refractivity contribution >= 4 is 5.91 Å². The van der Waals surface area contributed by atoms with Gasteiger partial charge in [-0.25, -0.2) is 0 Å². The fourth-order valence-electron chi connectivity index (χ4n) is 2.50. The normalized spacial score (nSPS) is 20.6. The van der Waals surface area contributed by atoms with Gasteiger partial charge in [-0.1, -0.05) is 12.1 Å². The molecule has 1 heterocycles.